The molecule has 72 valence electrons. The van der Waals surface area contributed by atoms with Gasteiger partial charge < -0.3 is 5.11 Å². The molecule has 0 atom stereocenters. The molecule has 0 spiro atoms. The van der Waals surface area contributed by atoms with Gasteiger partial charge in [-0.1, -0.05) is 0 Å². The summed E-state index contributed by atoms with van der Waals surface area (Å²) in [5.41, 5.74) is -0.481. The van der Waals surface area contributed by atoms with Gasteiger partial charge in [0.2, 0.25) is 0 Å². The van der Waals surface area contributed by atoms with Gasteiger partial charge in [0, 0.05) is 0 Å². The van der Waals surface area contributed by atoms with Crippen LogP contribution in [0.25, 0.3) is 0 Å². The molecular formula is C9H5F2NO2. The molecular weight excluding hydrogens is 192 g/mol. The lowest BCUT2D eigenvalue weighted by Gasteiger charge is -2.01. The van der Waals surface area contributed by atoms with Gasteiger partial charge in [0.15, 0.2) is 23.2 Å². The van der Waals surface area contributed by atoms with Gasteiger partial charge in [-0.3, -0.25) is 4.79 Å². The highest BCUT2D eigenvalue weighted by Gasteiger charge is 2.17. The number of nitrogens with zero attached hydrogens (tertiary/aromatic N) is 1. The maximum Gasteiger partial charge on any atom is 0.188 e. The van der Waals surface area contributed by atoms with Crippen molar-refractivity contribution in [2.45, 2.75) is 6.42 Å². The Morgan fingerprint density at radius 1 is 1.50 bits per heavy atom. The number of Topliss-reactive ketones (excluding diaryl/α,β-unsaturated/α-hetero) is 1. The normalized spacial score (nSPS) is 9.50. The van der Waals surface area contributed by atoms with Crippen molar-refractivity contribution in [3.63, 3.8) is 0 Å². The Kier molecular flexibility index (Phi) is 2.77. The number of aromatic hydroxyl groups is 1. The first kappa shape index (κ1) is 10.1. The second-order valence-corrected chi connectivity index (χ2v) is 2.52. The Balaban J connectivity index is 3.19. The first-order valence-electron chi connectivity index (χ1n) is 3.65. The Morgan fingerprint density at radius 3 is 2.71 bits per heavy atom. The zero-order chi connectivity index (χ0) is 10.7. The summed E-state index contributed by atoms with van der Waals surface area (Å²) in [6, 6.07) is 3.20. The molecule has 3 nitrogen and oxygen atoms in total. The molecule has 14 heavy (non-hydrogen) atoms. The van der Waals surface area contributed by atoms with E-state index in [-0.39, 0.29) is 0 Å². The van der Waals surface area contributed by atoms with Gasteiger partial charge in [0.05, 0.1) is 18.1 Å². The number of phenols is 1. The van der Waals surface area contributed by atoms with E-state index in [9.17, 15) is 13.6 Å². The molecule has 0 heterocycles. The number of phenolic OH excluding ortho intramolecular Hbond substituents is 1. The maximum absolute atomic E-state index is 13.0. The molecule has 5 heteroatoms. The van der Waals surface area contributed by atoms with Crippen LogP contribution in [0.15, 0.2) is 12.1 Å². The van der Waals surface area contributed by atoms with Gasteiger partial charge in [0.25, 0.3) is 0 Å². The highest BCUT2D eigenvalue weighted by Crippen LogP contribution is 2.23. The Hall–Kier alpha value is -1.96. The third-order valence-corrected chi connectivity index (χ3v) is 1.61. The van der Waals surface area contributed by atoms with Crippen molar-refractivity contribution in [1.29, 1.82) is 5.26 Å². The number of carbonyl (C=O) groups excluding carboxylic acids is 1. The highest BCUT2D eigenvalue weighted by molar-refractivity contribution is 5.97. The van der Waals surface area contributed by atoms with Crippen molar-refractivity contribution in [3.8, 4) is 11.8 Å². The van der Waals surface area contributed by atoms with Crippen molar-refractivity contribution in [1.82, 2.24) is 0 Å². The predicted octanol–water partition coefficient (Wildman–Crippen LogP) is 1.77. The summed E-state index contributed by atoms with van der Waals surface area (Å²) in [5.74, 6) is -4.46. The average Bonchev–Trinajstić information content (AvgIpc) is 2.15. The lowest BCUT2D eigenvalue weighted by atomic mass is 10.1. The van der Waals surface area contributed by atoms with Crippen LogP contribution in [0.3, 0.4) is 0 Å². The molecule has 0 bridgehead atoms. The first-order valence-corrected chi connectivity index (χ1v) is 3.65. The number of hydrogen-bond donors (Lipinski definition) is 1. The molecule has 0 amide bonds. The van der Waals surface area contributed by atoms with Crippen molar-refractivity contribution < 1.29 is 18.7 Å². The molecule has 0 saturated heterocycles. The van der Waals surface area contributed by atoms with Gasteiger partial charge in [0.1, 0.15) is 0 Å². The van der Waals surface area contributed by atoms with Gasteiger partial charge in [-0.2, -0.15) is 5.26 Å². The van der Waals surface area contributed by atoms with E-state index in [4.69, 9.17) is 10.4 Å². The van der Waals surface area contributed by atoms with Crippen LogP contribution in [0, 0.1) is 23.0 Å². The number of benzene rings is 1. The molecule has 1 N–H and O–H groups in total. The molecule has 0 aliphatic heterocycles. The first-order chi connectivity index (χ1) is 6.57. The van der Waals surface area contributed by atoms with Crippen LogP contribution >= 0.6 is 0 Å². The van der Waals surface area contributed by atoms with Crippen LogP contribution in [-0.4, -0.2) is 10.9 Å². The quantitative estimate of drug-likeness (QED) is 0.735. The zero-order valence-electron chi connectivity index (χ0n) is 6.92. The lowest BCUT2D eigenvalue weighted by molar-refractivity contribution is 0.0993. The summed E-state index contributed by atoms with van der Waals surface area (Å²) in [6.45, 7) is 0. The highest BCUT2D eigenvalue weighted by atomic mass is 19.1. The van der Waals surface area contributed by atoms with E-state index in [1.54, 1.807) is 0 Å². The van der Waals surface area contributed by atoms with E-state index in [1.807, 2.05) is 0 Å². The number of rotatable bonds is 2. The average molecular weight is 197 g/mol. The summed E-state index contributed by atoms with van der Waals surface area (Å²) in [4.78, 5) is 11.0. The summed E-state index contributed by atoms with van der Waals surface area (Å²) in [5, 5.41) is 17.0. The molecule has 1 aromatic rings. The van der Waals surface area contributed by atoms with Crippen LogP contribution < -0.4 is 0 Å². The van der Waals surface area contributed by atoms with E-state index in [1.165, 1.54) is 6.07 Å². The minimum absolute atomic E-state index is 0.481. The Bertz CT molecular complexity index is 424. The molecule has 0 radical (unpaired) electrons. The molecule has 1 rings (SSSR count). The minimum Gasteiger partial charge on any atom is -0.503 e. The van der Waals surface area contributed by atoms with E-state index in [0.29, 0.717) is 0 Å². The summed E-state index contributed by atoms with van der Waals surface area (Å²) >= 11 is 0. The van der Waals surface area contributed by atoms with Gasteiger partial charge in [-0.25, -0.2) is 8.78 Å². The second-order valence-electron chi connectivity index (χ2n) is 2.52. The van der Waals surface area contributed by atoms with Crippen molar-refractivity contribution >= 4 is 5.78 Å². The molecule has 0 unspecified atom stereocenters. The van der Waals surface area contributed by atoms with Crippen LogP contribution in [0.1, 0.15) is 16.8 Å². The van der Waals surface area contributed by atoms with Crippen molar-refractivity contribution in [2.24, 2.45) is 0 Å². The van der Waals surface area contributed by atoms with E-state index < -0.39 is 35.2 Å². The van der Waals surface area contributed by atoms with Crippen molar-refractivity contribution in [2.75, 3.05) is 0 Å². The fraction of sp³-hybridized carbons (Fsp3) is 0.111. The van der Waals surface area contributed by atoms with Gasteiger partial charge in [-0.05, 0) is 12.1 Å². The SMILES string of the molecule is N#CCC(=O)c1ccc(F)c(O)c1F. The molecule has 0 fully saturated rings. The number of carbonyl (C=O) groups is 1. The number of nitriles is 1. The maximum atomic E-state index is 13.0. The van der Waals surface area contributed by atoms with Crippen LogP contribution in [0.2, 0.25) is 0 Å². The Labute approximate surface area is 78.2 Å². The van der Waals surface area contributed by atoms with E-state index in [0.717, 1.165) is 12.1 Å². The monoisotopic (exact) mass is 197 g/mol. The smallest absolute Gasteiger partial charge is 0.188 e. The fourth-order valence-corrected chi connectivity index (χ4v) is 0.923. The molecule has 0 saturated carbocycles. The standard InChI is InChI=1S/C9H5F2NO2/c10-6-2-1-5(7(13)3-4-12)8(11)9(6)14/h1-2,14H,3H2. The van der Waals surface area contributed by atoms with Gasteiger partial charge in [-0.15, -0.1) is 0 Å². The zero-order valence-corrected chi connectivity index (χ0v) is 6.92. The largest absolute Gasteiger partial charge is 0.503 e. The van der Waals surface area contributed by atoms with Crippen LogP contribution in [0.5, 0.6) is 5.75 Å². The lowest BCUT2D eigenvalue weighted by Crippen LogP contribution is -2.02. The topological polar surface area (TPSA) is 61.1 Å². The fourth-order valence-electron chi connectivity index (χ4n) is 0.923. The Morgan fingerprint density at radius 2 is 2.14 bits per heavy atom. The third kappa shape index (κ3) is 1.69. The number of halogens is 2. The molecule has 0 aliphatic carbocycles. The van der Waals surface area contributed by atoms with Crippen LogP contribution in [-0.2, 0) is 0 Å². The third-order valence-electron chi connectivity index (χ3n) is 1.61. The second kappa shape index (κ2) is 3.83. The van der Waals surface area contributed by atoms with E-state index in [2.05, 4.69) is 0 Å². The van der Waals surface area contributed by atoms with E-state index >= 15 is 0 Å². The summed E-state index contributed by atoms with van der Waals surface area (Å²) in [6.07, 6.45) is -0.512. The van der Waals surface area contributed by atoms with Gasteiger partial charge >= 0.3 is 0 Å². The number of hydrogen-bond acceptors (Lipinski definition) is 3. The minimum atomic E-state index is -1.33. The van der Waals surface area contributed by atoms with Crippen LogP contribution in [0.4, 0.5) is 8.78 Å². The summed E-state index contributed by atoms with van der Waals surface area (Å²) < 4.78 is 25.6. The number of ketones is 1. The molecule has 1 aromatic carbocycles. The summed E-state index contributed by atoms with van der Waals surface area (Å²) in [7, 11) is 0. The van der Waals surface area contributed by atoms with Crippen molar-refractivity contribution in [3.05, 3.63) is 29.3 Å². The predicted molar refractivity (Wildman–Crippen MR) is 42.6 cm³/mol. The molecule has 0 aromatic heterocycles. The molecule has 0 aliphatic rings.